The summed E-state index contributed by atoms with van der Waals surface area (Å²) in [5.41, 5.74) is 7.92. The van der Waals surface area contributed by atoms with Gasteiger partial charge in [-0.15, -0.1) is 0 Å². The van der Waals surface area contributed by atoms with Crippen LogP contribution in [0.2, 0.25) is 0 Å². The molecule has 3 rings (SSSR count). The average Bonchev–Trinajstić information content (AvgIpc) is 3.25. The molecule has 0 aliphatic carbocycles. The number of primary amides is 1. The van der Waals surface area contributed by atoms with Gasteiger partial charge in [0, 0.05) is 51.7 Å². The number of carbonyl (C=O) groups excluding carboxylic acids is 2. The van der Waals surface area contributed by atoms with Gasteiger partial charge in [-0.05, 0) is 36.9 Å². The summed E-state index contributed by atoms with van der Waals surface area (Å²) in [5.74, 6) is 0.769. The van der Waals surface area contributed by atoms with Crippen molar-refractivity contribution < 1.29 is 9.59 Å². The zero-order chi connectivity index (χ0) is 23.1. The van der Waals surface area contributed by atoms with Crippen molar-refractivity contribution in [2.24, 2.45) is 22.6 Å². The van der Waals surface area contributed by atoms with Gasteiger partial charge in [-0.25, -0.2) is 0 Å². The number of nitrogens with one attached hydrogen (secondary N) is 2. The molecule has 2 aliphatic rings. The maximum atomic E-state index is 12.2. The van der Waals surface area contributed by atoms with Gasteiger partial charge in [-0.2, -0.15) is 0 Å². The molecule has 1 aromatic rings. The quantitative estimate of drug-likeness (QED) is 0.436. The summed E-state index contributed by atoms with van der Waals surface area (Å²) >= 11 is 0. The van der Waals surface area contributed by atoms with Crippen LogP contribution in [0.3, 0.4) is 0 Å². The second-order valence-corrected chi connectivity index (χ2v) is 9.29. The molecule has 4 N–H and O–H groups in total. The molecule has 8 nitrogen and oxygen atoms in total. The maximum Gasteiger partial charge on any atom is 0.225 e. The van der Waals surface area contributed by atoms with Gasteiger partial charge in [0.25, 0.3) is 0 Å². The summed E-state index contributed by atoms with van der Waals surface area (Å²) in [4.78, 5) is 32.3. The van der Waals surface area contributed by atoms with Crippen molar-refractivity contribution in [3.63, 3.8) is 0 Å². The number of nitrogens with two attached hydrogens (primary N) is 1. The summed E-state index contributed by atoms with van der Waals surface area (Å²) in [6, 6.07) is 8.72. The summed E-state index contributed by atoms with van der Waals surface area (Å²) in [6.45, 7) is 8.63. The van der Waals surface area contributed by atoms with Crippen LogP contribution in [-0.2, 0) is 22.7 Å². The Kier molecular flexibility index (Phi) is 8.50. The third-order valence-corrected chi connectivity index (χ3v) is 6.32. The van der Waals surface area contributed by atoms with Crippen molar-refractivity contribution in [3.8, 4) is 0 Å². The second kappa shape index (κ2) is 11.3. The molecule has 2 aliphatic heterocycles. The lowest BCUT2D eigenvalue weighted by Crippen LogP contribution is -2.45. The summed E-state index contributed by atoms with van der Waals surface area (Å²) < 4.78 is 0. The van der Waals surface area contributed by atoms with Crippen molar-refractivity contribution in [2.75, 3.05) is 33.2 Å². The van der Waals surface area contributed by atoms with E-state index >= 15 is 0 Å². The minimum Gasteiger partial charge on any atom is -0.369 e. The highest BCUT2D eigenvalue weighted by atomic mass is 16.2. The number of aliphatic imine (C=N–C) groups is 1. The number of hydrogen-bond acceptors (Lipinski definition) is 4. The van der Waals surface area contributed by atoms with E-state index in [9.17, 15) is 9.59 Å². The number of hydrogen-bond donors (Lipinski definition) is 3. The van der Waals surface area contributed by atoms with Gasteiger partial charge >= 0.3 is 0 Å². The molecule has 0 saturated carbocycles. The topological polar surface area (TPSA) is 103 Å². The first-order valence-electron chi connectivity index (χ1n) is 11.7. The van der Waals surface area contributed by atoms with Gasteiger partial charge in [0.2, 0.25) is 11.8 Å². The molecule has 2 unspecified atom stereocenters. The van der Waals surface area contributed by atoms with E-state index in [0.29, 0.717) is 6.54 Å². The molecule has 0 aromatic heterocycles. The fraction of sp³-hybridized carbons (Fsp3) is 0.625. The Morgan fingerprint density at radius 2 is 1.97 bits per heavy atom. The highest BCUT2D eigenvalue weighted by Crippen LogP contribution is 2.19. The zero-order valence-corrected chi connectivity index (χ0v) is 19.6. The number of nitrogens with zero attached hydrogens (tertiary/aromatic N) is 3. The van der Waals surface area contributed by atoms with E-state index < -0.39 is 0 Å². The van der Waals surface area contributed by atoms with Crippen LogP contribution >= 0.6 is 0 Å². The third kappa shape index (κ3) is 6.69. The molecule has 0 radical (unpaired) electrons. The Labute approximate surface area is 191 Å². The van der Waals surface area contributed by atoms with E-state index in [1.54, 1.807) is 7.05 Å². The van der Waals surface area contributed by atoms with E-state index in [4.69, 9.17) is 5.73 Å². The monoisotopic (exact) mass is 442 g/mol. The highest BCUT2D eigenvalue weighted by Gasteiger charge is 2.28. The molecule has 2 atom stereocenters. The van der Waals surface area contributed by atoms with Gasteiger partial charge in [-0.1, -0.05) is 38.1 Å². The molecule has 1 aromatic carbocycles. The molecule has 2 saturated heterocycles. The maximum absolute atomic E-state index is 12.2. The van der Waals surface area contributed by atoms with Crippen molar-refractivity contribution in [1.82, 2.24) is 20.4 Å². The first-order valence-corrected chi connectivity index (χ1v) is 11.7. The fourth-order valence-electron chi connectivity index (χ4n) is 4.54. The molecule has 2 fully saturated rings. The van der Waals surface area contributed by atoms with Gasteiger partial charge in [-0.3, -0.25) is 19.5 Å². The molecule has 8 heteroatoms. The molecule has 2 amide bonds. The number of guanidine groups is 1. The summed E-state index contributed by atoms with van der Waals surface area (Å²) in [5, 5.41) is 6.84. The van der Waals surface area contributed by atoms with Crippen LogP contribution in [0.1, 0.15) is 44.2 Å². The van der Waals surface area contributed by atoms with Crippen molar-refractivity contribution in [3.05, 3.63) is 35.4 Å². The minimum atomic E-state index is -0.189. The SMILES string of the molecule is CN=C(NCc1cccc(CN2CCCC(C(N)=O)C2)c1)NC1CCN(C(=O)C(C)C)C1. The Balaban J connectivity index is 1.49. The number of amides is 2. The molecular weight excluding hydrogens is 404 g/mol. The van der Waals surface area contributed by atoms with Crippen LogP contribution in [-0.4, -0.2) is 66.8 Å². The molecule has 0 bridgehead atoms. The normalized spacial score (nSPS) is 22.2. The Morgan fingerprint density at radius 1 is 1.19 bits per heavy atom. The third-order valence-electron chi connectivity index (χ3n) is 6.32. The molecule has 176 valence electrons. The number of piperidine rings is 1. The Morgan fingerprint density at radius 3 is 2.69 bits per heavy atom. The smallest absolute Gasteiger partial charge is 0.225 e. The van der Waals surface area contributed by atoms with Crippen LogP contribution in [0, 0.1) is 11.8 Å². The molecule has 0 spiro atoms. The predicted octanol–water partition coefficient (Wildman–Crippen LogP) is 1.31. The van der Waals surface area contributed by atoms with Crippen molar-refractivity contribution >= 4 is 17.8 Å². The van der Waals surface area contributed by atoms with E-state index in [1.165, 1.54) is 11.1 Å². The number of rotatable bonds is 7. The van der Waals surface area contributed by atoms with Crippen molar-refractivity contribution in [2.45, 2.75) is 52.2 Å². The van der Waals surface area contributed by atoms with E-state index in [2.05, 4.69) is 44.8 Å². The highest BCUT2D eigenvalue weighted by molar-refractivity contribution is 5.81. The van der Waals surface area contributed by atoms with Crippen LogP contribution in [0.4, 0.5) is 0 Å². The minimum absolute atomic E-state index is 0.0325. The predicted molar refractivity (Wildman–Crippen MR) is 127 cm³/mol. The van der Waals surface area contributed by atoms with E-state index in [0.717, 1.165) is 57.9 Å². The lowest BCUT2D eigenvalue weighted by atomic mass is 9.97. The van der Waals surface area contributed by atoms with Gasteiger partial charge in [0.15, 0.2) is 5.96 Å². The van der Waals surface area contributed by atoms with E-state index in [1.807, 2.05) is 18.7 Å². The Hall–Kier alpha value is -2.61. The molecule has 32 heavy (non-hydrogen) atoms. The number of carbonyl (C=O) groups is 2. The van der Waals surface area contributed by atoms with Gasteiger partial charge in [0.1, 0.15) is 0 Å². The van der Waals surface area contributed by atoms with Gasteiger partial charge < -0.3 is 21.3 Å². The number of benzene rings is 1. The first-order chi connectivity index (χ1) is 15.4. The van der Waals surface area contributed by atoms with Crippen molar-refractivity contribution in [1.29, 1.82) is 0 Å². The summed E-state index contributed by atoms with van der Waals surface area (Å²) in [6.07, 6.45) is 2.83. The van der Waals surface area contributed by atoms with Gasteiger partial charge in [0.05, 0.1) is 5.92 Å². The van der Waals surface area contributed by atoms with Crippen LogP contribution in [0.5, 0.6) is 0 Å². The summed E-state index contributed by atoms with van der Waals surface area (Å²) in [7, 11) is 1.77. The molecular formula is C24H38N6O2. The zero-order valence-electron chi connectivity index (χ0n) is 19.6. The second-order valence-electron chi connectivity index (χ2n) is 9.29. The fourth-order valence-corrected chi connectivity index (χ4v) is 4.54. The molecule has 2 heterocycles. The largest absolute Gasteiger partial charge is 0.369 e. The number of likely N-dealkylation sites (tertiary alicyclic amines) is 2. The lowest BCUT2D eigenvalue weighted by Gasteiger charge is -2.31. The average molecular weight is 443 g/mol. The first kappa shape index (κ1) is 24.0. The Bertz CT molecular complexity index is 824. The van der Waals surface area contributed by atoms with Crippen LogP contribution in [0.25, 0.3) is 0 Å². The lowest BCUT2D eigenvalue weighted by molar-refractivity contribution is -0.133. The van der Waals surface area contributed by atoms with Crippen LogP contribution < -0.4 is 16.4 Å². The standard InChI is InChI=1S/C24H38N6O2/c1-17(2)23(32)30-11-9-21(16-30)28-24(26-3)27-13-18-6-4-7-19(12-18)14-29-10-5-8-20(15-29)22(25)31/h4,6-7,12,17,20-21H,5,8-11,13-16H2,1-3H3,(H2,25,31)(H2,26,27,28). The van der Waals surface area contributed by atoms with E-state index in [-0.39, 0.29) is 29.7 Å². The van der Waals surface area contributed by atoms with Crippen LogP contribution in [0.15, 0.2) is 29.3 Å².